The molecular weight excluding hydrogens is 243 g/mol. The first-order valence-corrected chi connectivity index (χ1v) is 4.68. The zero-order valence-electron chi connectivity index (χ0n) is 8.91. The number of aromatic nitrogens is 1. The quantitative estimate of drug-likeness (QED) is 0.750. The molecule has 96 valence electrons. The smallest absolute Gasteiger partial charge is 0.411 e. The Hall–Kier alpha value is -1.57. The maximum atomic E-state index is 11.8. The van der Waals surface area contributed by atoms with Gasteiger partial charge in [-0.15, -0.1) is 0 Å². The lowest BCUT2D eigenvalue weighted by atomic mass is 10.3. The lowest BCUT2D eigenvalue weighted by Crippen LogP contribution is -2.17. The van der Waals surface area contributed by atoms with E-state index in [4.69, 9.17) is 4.42 Å². The van der Waals surface area contributed by atoms with Gasteiger partial charge in [-0.05, 0) is 6.92 Å². The van der Waals surface area contributed by atoms with Crippen molar-refractivity contribution >= 4 is 5.97 Å². The molecular formula is C9H10F3NO4. The normalized spacial score (nSPS) is 11.5. The maximum Gasteiger partial charge on any atom is 0.411 e. The molecule has 0 amide bonds. The number of nitrogens with zero attached hydrogens (tertiary/aromatic N) is 1. The van der Waals surface area contributed by atoms with Crippen LogP contribution in [0, 0.1) is 0 Å². The highest BCUT2D eigenvalue weighted by Crippen LogP contribution is 2.16. The van der Waals surface area contributed by atoms with E-state index in [9.17, 15) is 18.0 Å². The summed E-state index contributed by atoms with van der Waals surface area (Å²) in [5.74, 6) is -0.848. The fraction of sp³-hybridized carbons (Fsp3) is 0.556. The first-order chi connectivity index (χ1) is 7.94. The second-order valence-corrected chi connectivity index (χ2v) is 2.95. The summed E-state index contributed by atoms with van der Waals surface area (Å²) in [5, 5.41) is 0. The summed E-state index contributed by atoms with van der Waals surface area (Å²) in [4.78, 5) is 14.8. The molecule has 8 heteroatoms. The summed E-state index contributed by atoms with van der Waals surface area (Å²) in [6.07, 6.45) is -3.48. The van der Waals surface area contributed by atoms with E-state index >= 15 is 0 Å². The number of alkyl halides is 3. The minimum absolute atomic E-state index is 0.0901. The minimum Gasteiger partial charge on any atom is -0.461 e. The van der Waals surface area contributed by atoms with E-state index in [0.717, 1.165) is 6.39 Å². The van der Waals surface area contributed by atoms with Gasteiger partial charge in [0.05, 0.1) is 6.61 Å². The molecule has 0 N–H and O–H groups in total. The fourth-order valence-electron chi connectivity index (χ4n) is 0.998. The Balaban J connectivity index is 2.54. The molecule has 5 nitrogen and oxygen atoms in total. The van der Waals surface area contributed by atoms with Crippen LogP contribution >= 0.6 is 0 Å². The molecule has 17 heavy (non-hydrogen) atoms. The number of halogens is 3. The Morgan fingerprint density at radius 3 is 2.82 bits per heavy atom. The van der Waals surface area contributed by atoms with Crippen LogP contribution < -0.4 is 0 Å². The standard InChI is InChI=1S/C9H10F3NO4/c1-2-16-8(14)7-6(17-5-13-7)3-15-4-9(10,11)12/h5H,2-4H2,1H3. The van der Waals surface area contributed by atoms with Gasteiger partial charge in [-0.2, -0.15) is 13.2 Å². The average Bonchev–Trinajstić information content (AvgIpc) is 2.64. The van der Waals surface area contributed by atoms with Crippen LogP contribution in [0.15, 0.2) is 10.8 Å². The van der Waals surface area contributed by atoms with Gasteiger partial charge in [-0.1, -0.05) is 0 Å². The van der Waals surface area contributed by atoms with Crippen LogP contribution in [0.5, 0.6) is 0 Å². The first kappa shape index (κ1) is 13.5. The Bertz CT molecular complexity index is 375. The predicted octanol–water partition coefficient (Wildman–Crippen LogP) is 1.93. The topological polar surface area (TPSA) is 61.6 Å². The van der Waals surface area contributed by atoms with Crippen LogP contribution in [-0.2, 0) is 16.1 Å². The van der Waals surface area contributed by atoms with E-state index in [1.54, 1.807) is 6.92 Å². The molecule has 1 aromatic heterocycles. The predicted molar refractivity (Wildman–Crippen MR) is 48.2 cm³/mol. The van der Waals surface area contributed by atoms with E-state index in [0.29, 0.717) is 0 Å². The van der Waals surface area contributed by atoms with Crippen LogP contribution in [0.3, 0.4) is 0 Å². The van der Waals surface area contributed by atoms with Crippen molar-refractivity contribution in [2.75, 3.05) is 13.2 Å². The molecule has 1 aromatic rings. The molecule has 0 saturated heterocycles. The van der Waals surface area contributed by atoms with Crippen molar-refractivity contribution in [1.29, 1.82) is 0 Å². The summed E-state index contributed by atoms with van der Waals surface area (Å²) in [7, 11) is 0. The third-order valence-electron chi connectivity index (χ3n) is 1.61. The second kappa shape index (κ2) is 5.67. The van der Waals surface area contributed by atoms with E-state index in [2.05, 4.69) is 14.5 Å². The van der Waals surface area contributed by atoms with Crippen molar-refractivity contribution in [1.82, 2.24) is 4.98 Å². The SMILES string of the molecule is CCOC(=O)c1ncoc1COCC(F)(F)F. The first-order valence-electron chi connectivity index (χ1n) is 4.68. The molecule has 0 radical (unpaired) electrons. The Morgan fingerprint density at radius 2 is 2.24 bits per heavy atom. The summed E-state index contributed by atoms with van der Waals surface area (Å²) in [6.45, 7) is -0.185. The van der Waals surface area contributed by atoms with Gasteiger partial charge in [0.25, 0.3) is 0 Å². The van der Waals surface area contributed by atoms with Crippen molar-refractivity contribution in [2.45, 2.75) is 19.7 Å². The zero-order valence-corrected chi connectivity index (χ0v) is 8.91. The highest BCUT2D eigenvalue weighted by Gasteiger charge is 2.28. The molecule has 0 aliphatic carbocycles. The molecule has 0 unspecified atom stereocenters. The third-order valence-corrected chi connectivity index (χ3v) is 1.61. The highest BCUT2D eigenvalue weighted by molar-refractivity contribution is 5.88. The number of rotatable bonds is 5. The minimum atomic E-state index is -4.43. The van der Waals surface area contributed by atoms with E-state index < -0.39 is 25.4 Å². The Labute approximate surface area is 94.5 Å². The monoisotopic (exact) mass is 253 g/mol. The van der Waals surface area contributed by atoms with Crippen molar-refractivity contribution in [3.63, 3.8) is 0 Å². The van der Waals surface area contributed by atoms with Gasteiger partial charge in [0.15, 0.2) is 17.8 Å². The van der Waals surface area contributed by atoms with Gasteiger partial charge < -0.3 is 13.9 Å². The molecule has 0 bridgehead atoms. The molecule has 0 aliphatic rings. The van der Waals surface area contributed by atoms with Crippen molar-refractivity contribution in [2.24, 2.45) is 0 Å². The van der Waals surface area contributed by atoms with Crippen LogP contribution in [-0.4, -0.2) is 30.3 Å². The van der Waals surface area contributed by atoms with Crippen molar-refractivity contribution < 1.29 is 31.9 Å². The van der Waals surface area contributed by atoms with Gasteiger partial charge >= 0.3 is 12.1 Å². The van der Waals surface area contributed by atoms with E-state index in [-0.39, 0.29) is 18.1 Å². The van der Waals surface area contributed by atoms with Gasteiger partial charge in [0, 0.05) is 0 Å². The van der Waals surface area contributed by atoms with E-state index in [1.165, 1.54) is 0 Å². The number of hydrogen-bond acceptors (Lipinski definition) is 5. The highest BCUT2D eigenvalue weighted by atomic mass is 19.4. The number of hydrogen-bond donors (Lipinski definition) is 0. The van der Waals surface area contributed by atoms with Crippen LogP contribution in [0.25, 0.3) is 0 Å². The van der Waals surface area contributed by atoms with Crippen LogP contribution in [0.4, 0.5) is 13.2 Å². The largest absolute Gasteiger partial charge is 0.461 e. The Kier molecular flexibility index (Phi) is 4.50. The van der Waals surface area contributed by atoms with Gasteiger partial charge in [0.1, 0.15) is 13.2 Å². The summed E-state index contributed by atoms with van der Waals surface area (Å²) in [5.41, 5.74) is -0.172. The number of carbonyl (C=O) groups excluding carboxylic acids is 1. The lowest BCUT2D eigenvalue weighted by molar-refractivity contribution is -0.177. The molecule has 0 aromatic carbocycles. The number of oxazole rings is 1. The van der Waals surface area contributed by atoms with Gasteiger partial charge in [-0.3, -0.25) is 0 Å². The van der Waals surface area contributed by atoms with Gasteiger partial charge in [-0.25, -0.2) is 9.78 Å². The molecule has 0 atom stereocenters. The molecule has 0 spiro atoms. The van der Waals surface area contributed by atoms with E-state index in [1.807, 2.05) is 0 Å². The summed E-state index contributed by atoms with van der Waals surface area (Å²) < 4.78 is 49.1. The van der Waals surface area contributed by atoms with Crippen molar-refractivity contribution in [3.05, 3.63) is 17.8 Å². The number of esters is 1. The summed E-state index contributed by atoms with van der Waals surface area (Å²) >= 11 is 0. The lowest BCUT2D eigenvalue weighted by Gasteiger charge is -2.06. The fourth-order valence-corrected chi connectivity index (χ4v) is 0.998. The molecule has 1 rings (SSSR count). The average molecular weight is 253 g/mol. The van der Waals surface area contributed by atoms with Gasteiger partial charge in [0.2, 0.25) is 0 Å². The van der Waals surface area contributed by atoms with Crippen LogP contribution in [0.1, 0.15) is 23.2 Å². The summed E-state index contributed by atoms with van der Waals surface area (Å²) in [6, 6.07) is 0. The molecule has 0 aliphatic heterocycles. The Morgan fingerprint density at radius 1 is 1.53 bits per heavy atom. The molecule has 0 saturated carbocycles. The van der Waals surface area contributed by atoms with Crippen molar-refractivity contribution in [3.8, 4) is 0 Å². The maximum absolute atomic E-state index is 11.8. The zero-order chi connectivity index (χ0) is 12.9. The van der Waals surface area contributed by atoms with Crippen LogP contribution in [0.2, 0.25) is 0 Å². The molecule has 0 fully saturated rings. The number of ether oxygens (including phenoxy) is 2. The second-order valence-electron chi connectivity index (χ2n) is 2.95. The third kappa shape index (κ3) is 4.43. The molecule has 1 heterocycles. The number of carbonyl (C=O) groups is 1.